The topological polar surface area (TPSA) is 46.6 Å². The molecule has 6 heteroatoms. The molecule has 0 heterocycles. The van der Waals surface area contributed by atoms with Crippen molar-refractivity contribution < 1.29 is 23.1 Å². The Morgan fingerprint density at radius 2 is 1.64 bits per heavy atom. The van der Waals surface area contributed by atoms with Crippen molar-refractivity contribution in [2.75, 3.05) is 7.05 Å². The Labute approximate surface area is 129 Å². The van der Waals surface area contributed by atoms with E-state index in [1.165, 1.54) is 36.2 Å². The van der Waals surface area contributed by atoms with Crippen LogP contribution in [0.5, 0.6) is 0 Å². The van der Waals surface area contributed by atoms with Gasteiger partial charge in [-0.2, -0.15) is 0 Å². The van der Waals surface area contributed by atoms with Gasteiger partial charge in [0.05, 0.1) is 6.04 Å². The maximum atomic E-state index is 12.5. The van der Waals surface area contributed by atoms with E-state index in [1.54, 1.807) is 27.7 Å². The molecule has 0 radical (unpaired) electrons. The number of carbonyl (C=O) groups is 2. The van der Waals surface area contributed by atoms with Crippen molar-refractivity contribution in [3.63, 3.8) is 0 Å². The standard InChI is InChI=1S/C16H21F2NO3/c1-10(19(5)15(21)22-16(2,3)4)13(20)11-6-8-12(9-7-11)14(17)18/h6-10,14H,1-5H3. The lowest BCUT2D eigenvalue weighted by atomic mass is 10.0. The third-order valence-electron chi connectivity index (χ3n) is 3.09. The molecule has 0 aliphatic rings. The average Bonchev–Trinajstić information content (AvgIpc) is 2.43. The Hall–Kier alpha value is -1.98. The molecule has 122 valence electrons. The highest BCUT2D eigenvalue weighted by Crippen LogP contribution is 2.20. The maximum Gasteiger partial charge on any atom is 0.410 e. The minimum absolute atomic E-state index is 0.148. The van der Waals surface area contributed by atoms with Crippen LogP contribution in [0, 0.1) is 0 Å². The predicted octanol–water partition coefficient (Wildman–Crippen LogP) is 4.06. The van der Waals surface area contributed by atoms with E-state index in [0.29, 0.717) is 0 Å². The van der Waals surface area contributed by atoms with Crippen LogP contribution in [0.3, 0.4) is 0 Å². The van der Waals surface area contributed by atoms with Crippen molar-refractivity contribution in [1.29, 1.82) is 0 Å². The normalized spacial score (nSPS) is 12.9. The Morgan fingerprint density at radius 3 is 2.05 bits per heavy atom. The molecule has 1 rings (SSSR count). The molecular formula is C16H21F2NO3. The van der Waals surface area contributed by atoms with Crippen LogP contribution >= 0.6 is 0 Å². The van der Waals surface area contributed by atoms with Crippen molar-refractivity contribution in [1.82, 2.24) is 4.90 Å². The first-order chi connectivity index (χ1) is 10.0. The minimum atomic E-state index is -2.58. The highest BCUT2D eigenvalue weighted by atomic mass is 19.3. The van der Waals surface area contributed by atoms with Gasteiger partial charge in [-0.3, -0.25) is 4.79 Å². The molecule has 1 amide bonds. The van der Waals surface area contributed by atoms with E-state index < -0.39 is 24.2 Å². The summed E-state index contributed by atoms with van der Waals surface area (Å²) in [4.78, 5) is 25.4. The Kier molecular flexibility index (Phi) is 5.63. The number of rotatable bonds is 4. The van der Waals surface area contributed by atoms with Crippen molar-refractivity contribution in [3.05, 3.63) is 35.4 Å². The molecule has 0 fully saturated rings. The number of hydrogen-bond donors (Lipinski definition) is 0. The second-order valence-electron chi connectivity index (χ2n) is 6.05. The van der Waals surface area contributed by atoms with E-state index in [1.807, 2.05) is 0 Å². The van der Waals surface area contributed by atoms with Gasteiger partial charge in [0.25, 0.3) is 6.43 Å². The summed E-state index contributed by atoms with van der Waals surface area (Å²) in [5, 5.41) is 0. The zero-order valence-corrected chi connectivity index (χ0v) is 13.4. The summed E-state index contributed by atoms with van der Waals surface area (Å²) in [5.41, 5.74) is -0.537. The van der Waals surface area contributed by atoms with Gasteiger partial charge < -0.3 is 9.64 Å². The van der Waals surface area contributed by atoms with Gasteiger partial charge in [0.2, 0.25) is 0 Å². The van der Waals surface area contributed by atoms with Crippen LogP contribution in [0.4, 0.5) is 13.6 Å². The van der Waals surface area contributed by atoms with Crippen LogP contribution in [0.25, 0.3) is 0 Å². The van der Waals surface area contributed by atoms with Crippen molar-refractivity contribution in [3.8, 4) is 0 Å². The molecule has 0 aliphatic carbocycles. The van der Waals surface area contributed by atoms with Gasteiger partial charge in [-0.25, -0.2) is 13.6 Å². The quantitative estimate of drug-likeness (QED) is 0.787. The summed E-state index contributed by atoms with van der Waals surface area (Å²) in [6.07, 6.45) is -3.19. The second kappa shape index (κ2) is 6.85. The van der Waals surface area contributed by atoms with Crippen LogP contribution in [0.15, 0.2) is 24.3 Å². The Morgan fingerprint density at radius 1 is 1.14 bits per heavy atom. The molecule has 0 spiro atoms. The number of halogens is 2. The van der Waals surface area contributed by atoms with Crippen LogP contribution in [-0.2, 0) is 4.74 Å². The molecule has 4 nitrogen and oxygen atoms in total. The number of likely N-dealkylation sites (N-methyl/N-ethyl adjacent to an activating group) is 1. The van der Waals surface area contributed by atoms with E-state index in [2.05, 4.69) is 0 Å². The van der Waals surface area contributed by atoms with Gasteiger partial charge in [-0.05, 0) is 27.7 Å². The summed E-state index contributed by atoms with van der Waals surface area (Å²) in [5.74, 6) is -0.339. The number of nitrogens with zero attached hydrogens (tertiary/aromatic N) is 1. The van der Waals surface area contributed by atoms with Crippen LogP contribution in [0.2, 0.25) is 0 Å². The summed E-state index contributed by atoms with van der Waals surface area (Å²) in [6.45, 7) is 6.75. The van der Waals surface area contributed by atoms with Crippen LogP contribution in [0.1, 0.15) is 50.0 Å². The van der Waals surface area contributed by atoms with Gasteiger partial charge in [-0.15, -0.1) is 0 Å². The lowest BCUT2D eigenvalue weighted by Gasteiger charge is -2.28. The van der Waals surface area contributed by atoms with E-state index >= 15 is 0 Å². The zero-order chi connectivity index (χ0) is 17.1. The first kappa shape index (κ1) is 18.1. The van der Waals surface area contributed by atoms with E-state index in [4.69, 9.17) is 4.74 Å². The lowest BCUT2D eigenvalue weighted by Crippen LogP contribution is -2.43. The lowest BCUT2D eigenvalue weighted by molar-refractivity contribution is 0.0231. The van der Waals surface area contributed by atoms with Gasteiger partial charge in [0.1, 0.15) is 5.60 Å². The number of hydrogen-bond acceptors (Lipinski definition) is 3. The Bertz CT molecular complexity index is 535. The van der Waals surface area contributed by atoms with Gasteiger partial charge >= 0.3 is 6.09 Å². The summed E-state index contributed by atoms with van der Waals surface area (Å²) in [6, 6.07) is 4.33. The van der Waals surface area contributed by atoms with Crippen molar-refractivity contribution in [2.45, 2.75) is 45.8 Å². The minimum Gasteiger partial charge on any atom is -0.444 e. The molecule has 0 aliphatic heterocycles. The average molecular weight is 313 g/mol. The highest BCUT2D eigenvalue weighted by molar-refractivity contribution is 6.01. The smallest absolute Gasteiger partial charge is 0.410 e. The highest BCUT2D eigenvalue weighted by Gasteiger charge is 2.27. The van der Waals surface area contributed by atoms with Gasteiger partial charge in [0.15, 0.2) is 5.78 Å². The van der Waals surface area contributed by atoms with E-state index in [-0.39, 0.29) is 16.9 Å². The fraction of sp³-hybridized carbons (Fsp3) is 0.500. The number of ketones is 1. The third-order valence-corrected chi connectivity index (χ3v) is 3.09. The molecule has 0 saturated heterocycles. The number of ether oxygens (including phenoxy) is 1. The molecular weight excluding hydrogens is 292 g/mol. The molecule has 0 bridgehead atoms. The number of carbonyl (C=O) groups excluding carboxylic acids is 2. The third kappa shape index (κ3) is 4.79. The summed E-state index contributed by atoms with van der Waals surface area (Å²) in [7, 11) is 1.46. The van der Waals surface area contributed by atoms with Crippen LogP contribution < -0.4 is 0 Å². The molecule has 1 aromatic carbocycles. The van der Waals surface area contributed by atoms with Crippen molar-refractivity contribution >= 4 is 11.9 Å². The maximum absolute atomic E-state index is 12.5. The molecule has 0 aromatic heterocycles. The molecule has 1 unspecified atom stereocenters. The van der Waals surface area contributed by atoms with Gasteiger partial charge in [-0.1, -0.05) is 24.3 Å². The van der Waals surface area contributed by atoms with E-state index in [9.17, 15) is 18.4 Å². The fourth-order valence-electron chi connectivity index (χ4n) is 1.70. The number of amides is 1. The van der Waals surface area contributed by atoms with E-state index in [0.717, 1.165) is 0 Å². The number of benzene rings is 1. The predicted molar refractivity (Wildman–Crippen MR) is 79.2 cm³/mol. The number of Topliss-reactive ketones (excluding diaryl/α,β-unsaturated/α-hetero) is 1. The fourth-order valence-corrected chi connectivity index (χ4v) is 1.70. The van der Waals surface area contributed by atoms with Gasteiger partial charge in [0, 0.05) is 18.2 Å². The monoisotopic (exact) mass is 313 g/mol. The largest absolute Gasteiger partial charge is 0.444 e. The number of alkyl halides is 2. The molecule has 1 atom stereocenters. The molecule has 1 aromatic rings. The first-order valence-corrected chi connectivity index (χ1v) is 6.91. The molecule has 22 heavy (non-hydrogen) atoms. The summed E-state index contributed by atoms with van der Waals surface area (Å²) < 4.78 is 30.2. The first-order valence-electron chi connectivity index (χ1n) is 6.91. The Balaban J connectivity index is 2.81. The van der Waals surface area contributed by atoms with Crippen molar-refractivity contribution in [2.24, 2.45) is 0 Å². The summed E-state index contributed by atoms with van der Waals surface area (Å²) >= 11 is 0. The SMILES string of the molecule is CC(C(=O)c1ccc(C(F)F)cc1)N(C)C(=O)OC(C)(C)C. The second-order valence-corrected chi connectivity index (χ2v) is 6.05. The molecule has 0 N–H and O–H groups in total. The molecule has 0 saturated carbocycles. The van der Waals surface area contributed by atoms with Crippen LogP contribution in [-0.4, -0.2) is 35.5 Å². The zero-order valence-electron chi connectivity index (χ0n) is 13.4.